The van der Waals surface area contributed by atoms with Crippen molar-refractivity contribution in [3.63, 3.8) is 0 Å². The third kappa shape index (κ3) is 3.21. The molecular weight excluding hydrogens is 220 g/mol. The van der Waals surface area contributed by atoms with E-state index in [1.165, 1.54) is 24.9 Å². The summed E-state index contributed by atoms with van der Waals surface area (Å²) in [4.78, 5) is 2.43. The summed E-state index contributed by atoms with van der Waals surface area (Å²) in [6.07, 6.45) is 2.59. The maximum Gasteiger partial charge on any atom is 0.0406 e. The van der Waals surface area contributed by atoms with E-state index < -0.39 is 0 Å². The smallest absolute Gasteiger partial charge is 0.0406 e. The van der Waals surface area contributed by atoms with Gasteiger partial charge in [0.15, 0.2) is 0 Å². The summed E-state index contributed by atoms with van der Waals surface area (Å²) in [5.41, 5.74) is 1.33. The second-order valence-corrected chi connectivity index (χ2v) is 4.98. The molecule has 1 N–H and O–H groups in total. The van der Waals surface area contributed by atoms with Crippen molar-refractivity contribution >= 4 is 11.6 Å². The number of hydrogen-bond donors (Lipinski definition) is 1. The fourth-order valence-electron chi connectivity index (χ4n) is 2.22. The van der Waals surface area contributed by atoms with Gasteiger partial charge in [0.2, 0.25) is 0 Å². The molecule has 0 aromatic heterocycles. The number of halogens is 1. The van der Waals surface area contributed by atoms with Crippen LogP contribution in [0.3, 0.4) is 0 Å². The lowest BCUT2D eigenvalue weighted by Crippen LogP contribution is -2.43. The molecule has 0 bridgehead atoms. The number of hydrogen-bond acceptors (Lipinski definition) is 2. The quantitative estimate of drug-likeness (QED) is 0.871. The first-order valence-electron chi connectivity index (χ1n) is 5.91. The summed E-state index contributed by atoms with van der Waals surface area (Å²) < 4.78 is 0. The lowest BCUT2D eigenvalue weighted by Gasteiger charge is -2.31. The second-order valence-electron chi connectivity index (χ2n) is 4.54. The van der Waals surface area contributed by atoms with Crippen LogP contribution in [0.15, 0.2) is 24.3 Å². The van der Waals surface area contributed by atoms with E-state index in [1.54, 1.807) is 0 Å². The van der Waals surface area contributed by atoms with E-state index in [0.717, 1.165) is 18.1 Å². The van der Waals surface area contributed by atoms with Crippen molar-refractivity contribution in [2.75, 3.05) is 20.1 Å². The molecule has 1 heterocycles. The zero-order chi connectivity index (χ0) is 11.4. The van der Waals surface area contributed by atoms with Gasteiger partial charge in [-0.05, 0) is 44.1 Å². The molecule has 0 spiro atoms. The second kappa shape index (κ2) is 5.67. The Bertz CT molecular complexity index is 317. The van der Waals surface area contributed by atoms with E-state index >= 15 is 0 Å². The Labute approximate surface area is 103 Å². The molecule has 1 aliphatic rings. The average molecular weight is 239 g/mol. The van der Waals surface area contributed by atoms with E-state index in [9.17, 15) is 0 Å². The molecule has 0 unspecified atom stereocenters. The maximum atomic E-state index is 5.87. The van der Waals surface area contributed by atoms with E-state index in [-0.39, 0.29) is 0 Å². The van der Waals surface area contributed by atoms with Gasteiger partial charge in [0.1, 0.15) is 0 Å². The maximum absolute atomic E-state index is 5.87. The van der Waals surface area contributed by atoms with Gasteiger partial charge >= 0.3 is 0 Å². The molecule has 0 radical (unpaired) electrons. The molecule has 2 nitrogen and oxygen atoms in total. The molecule has 88 valence electrons. The number of nitrogens with zero attached hydrogens (tertiary/aromatic N) is 1. The third-order valence-corrected chi connectivity index (χ3v) is 3.49. The number of benzene rings is 1. The summed E-state index contributed by atoms with van der Waals surface area (Å²) in [6.45, 7) is 3.29. The molecule has 0 saturated carbocycles. The summed E-state index contributed by atoms with van der Waals surface area (Å²) in [7, 11) is 2.20. The van der Waals surface area contributed by atoms with Gasteiger partial charge in [-0.3, -0.25) is 4.90 Å². The minimum absolute atomic E-state index is 0.671. The monoisotopic (exact) mass is 238 g/mol. The van der Waals surface area contributed by atoms with E-state index in [4.69, 9.17) is 11.6 Å². The van der Waals surface area contributed by atoms with Crippen LogP contribution in [0.4, 0.5) is 0 Å². The van der Waals surface area contributed by atoms with Crippen LogP contribution < -0.4 is 5.32 Å². The molecule has 0 amide bonds. The highest BCUT2D eigenvalue weighted by molar-refractivity contribution is 6.30. The highest BCUT2D eigenvalue weighted by Crippen LogP contribution is 2.14. The van der Waals surface area contributed by atoms with Crippen LogP contribution in [-0.4, -0.2) is 31.1 Å². The fourth-order valence-corrected chi connectivity index (χ4v) is 2.34. The summed E-state index contributed by atoms with van der Waals surface area (Å²) in [5.74, 6) is 0. The molecule has 1 atom stereocenters. The van der Waals surface area contributed by atoms with Crippen molar-refractivity contribution in [1.29, 1.82) is 0 Å². The van der Waals surface area contributed by atoms with Crippen molar-refractivity contribution in [3.05, 3.63) is 34.9 Å². The molecule has 0 aliphatic carbocycles. The minimum atomic E-state index is 0.671. The van der Waals surface area contributed by atoms with Gasteiger partial charge in [0.05, 0.1) is 0 Å². The van der Waals surface area contributed by atoms with Crippen LogP contribution >= 0.6 is 11.6 Å². The van der Waals surface area contributed by atoms with Gasteiger partial charge in [-0.15, -0.1) is 0 Å². The minimum Gasteiger partial charge on any atom is -0.315 e. The van der Waals surface area contributed by atoms with Gasteiger partial charge in [-0.2, -0.15) is 0 Å². The molecule has 1 fully saturated rings. The summed E-state index contributed by atoms with van der Waals surface area (Å²) in [6, 6.07) is 8.81. The van der Waals surface area contributed by atoms with Crippen LogP contribution in [0.25, 0.3) is 0 Å². The molecule has 1 aliphatic heterocycles. The molecule has 1 saturated heterocycles. The fraction of sp³-hybridized carbons (Fsp3) is 0.538. The summed E-state index contributed by atoms with van der Waals surface area (Å²) in [5, 5.41) is 4.26. The van der Waals surface area contributed by atoms with Crippen LogP contribution in [0.1, 0.15) is 18.4 Å². The average Bonchev–Trinajstić information content (AvgIpc) is 2.33. The largest absolute Gasteiger partial charge is 0.315 e. The Hall–Kier alpha value is -0.570. The van der Waals surface area contributed by atoms with E-state index in [1.807, 2.05) is 12.1 Å². The lowest BCUT2D eigenvalue weighted by molar-refractivity contribution is 0.196. The van der Waals surface area contributed by atoms with Gasteiger partial charge in [0.25, 0.3) is 0 Å². The molecule has 1 aromatic rings. The van der Waals surface area contributed by atoms with Crippen molar-refractivity contribution in [2.24, 2.45) is 0 Å². The number of likely N-dealkylation sites (N-methyl/N-ethyl adjacent to an activating group) is 1. The highest BCUT2D eigenvalue weighted by Gasteiger charge is 2.17. The number of rotatable bonds is 3. The van der Waals surface area contributed by atoms with Crippen LogP contribution in [0.2, 0.25) is 5.02 Å². The number of nitrogens with one attached hydrogen (secondary N) is 1. The van der Waals surface area contributed by atoms with Crippen LogP contribution in [-0.2, 0) is 6.54 Å². The van der Waals surface area contributed by atoms with Gasteiger partial charge < -0.3 is 5.32 Å². The normalized spacial score (nSPS) is 21.3. The first-order chi connectivity index (χ1) is 7.75. The predicted octanol–water partition coefficient (Wildman–Crippen LogP) is 2.52. The lowest BCUT2D eigenvalue weighted by atomic mass is 10.1. The Morgan fingerprint density at radius 1 is 1.38 bits per heavy atom. The SMILES string of the molecule is CN(Cc1ccc(Cl)cc1)[C@H]1CCCNC1. The van der Waals surface area contributed by atoms with Crippen LogP contribution in [0, 0.1) is 0 Å². The number of piperidine rings is 1. The first-order valence-corrected chi connectivity index (χ1v) is 6.29. The molecule has 2 rings (SSSR count). The Morgan fingerprint density at radius 3 is 2.75 bits per heavy atom. The zero-order valence-corrected chi connectivity index (χ0v) is 10.5. The van der Waals surface area contributed by atoms with Gasteiger partial charge in [-0.1, -0.05) is 23.7 Å². The Morgan fingerprint density at radius 2 is 2.12 bits per heavy atom. The topological polar surface area (TPSA) is 15.3 Å². The Balaban J connectivity index is 1.90. The van der Waals surface area contributed by atoms with Gasteiger partial charge in [-0.25, -0.2) is 0 Å². The molecular formula is C13H19ClN2. The van der Waals surface area contributed by atoms with Crippen molar-refractivity contribution < 1.29 is 0 Å². The van der Waals surface area contributed by atoms with Crippen molar-refractivity contribution in [3.8, 4) is 0 Å². The van der Waals surface area contributed by atoms with Crippen molar-refractivity contribution in [1.82, 2.24) is 10.2 Å². The van der Waals surface area contributed by atoms with Crippen molar-refractivity contribution in [2.45, 2.75) is 25.4 Å². The molecule has 3 heteroatoms. The summed E-state index contributed by atoms with van der Waals surface area (Å²) >= 11 is 5.87. The molecule has 1 aromatic carbocycles. The third-order valence-electron chi connectivity index (χ3n) is 3.24. The van der Waals surface area contributed by atoms with E-state index in [0.29, 0.717) is 6.04 Å². The highest BCUT2D eigenvalue weighted by atomic mass is 35.5. The van der Waals surface area contributed by atoms with E-state index in [2.05, 4.69) is 29.4 Å². The zero-order valence-electron chi connectivity index (χ0n) is 9.75. The van der Waals surface area contributed by atoms with Crippen LogP contribution in [0.5, 0.6) is 0 Å². The molecule has 16 heavy (non-hydrogen) atoms. The van der Waals surface area contributed by atoms with Gasteiger partial charge in [0, 0.05) is 24.2 Å². The Kier molecular flexibility index (Phi) is 4.22. The standard InChI is InChI=1S/C13H19ClN2/c1-16(13-3-2-8-15-9-13)10-11-4-6-12(14)7-5-11/h4-7,13,15H,2-3,8-10H2,1H3/t13-/m0/s1. The predicted molar refractivity (Wildman–Crippen MR) is 68.8 cm³/mol. The first kappa shape index (κ1) is 11.9.